The molecule has 0 bridgehead atoms. The molecule has 4 rings (SSSR count). The van der Waals surface area contributed by atoms with Gasteiger partial charge in [0.05, 0.1) is 43.6 Å². The number of nitrogens with zero attached hydrogens (tertiary/aromatic N) is 1. The van der Waals surface area contributed by atoms with Crippen molar-refractivity contribution in [1.82, 2.24) is 0 Å². The number of hydrogen-bond acceptors (Lipinski definition) is 8. The number of carbonyl (C=O) groups is 2. The first-order chi connectivity index (χ1) is 19.3. The fourth-order valence-electron chi connectivity index (χ4n) is 4.63. The molecule has 210 valence electrons. The van der Waals surface area contributed by atoms with Crippen LogP contribution in [0.3, 0.4) is 0 Å². The molecule has 40 heavy (non-hydrogen) atoms. The Morgan fingerprint density at radius 1 is 0.750 bits per heavy atom. The first kappa shape index (κ1) is 28.4. The summed E-state index contributed by atoms with van der Waals surface area (Å²) in [6.07, 6.45) is 0. The van der Waals surface area contributed by atoms with Crippen molar-refractivity contribution in [2.45, 2.75) is 33.7 Å². The second kappa shape index (κ2) is 12.5. The van der Waals surface area contributed by atoms with Crippen LogP contribution in [-0.4, -0.2) is 48.3 Å². The van der Waals surface area contributed by atoms with Gasteiger partial charge >= 0.3 is 0 Å². The average Bonchev–Trinajstić information content (AvgIpc) is 3.21. The molecule has 1 saturated heterocycles. The molecule has 9 nitrogen and oxygen atoms in total. The Morgan fingerprint density at radius 2 is 1.35 bits per heavy atom. The van der Waals surface area contributed by atoms with Crippen molar-refractivity contribution in [3.05, 3.63) is 77.4 Å². The number of hydrogen-bond donors (Lipinski definition) is 2. The maximum atomic E-state index is 13.6. The summed E-state index contributed by atoms with van der Waals surface area (Å²) in [5, 5.41) is 22.0. The molecule has 0 radical (unpaired) electrons. The van der Waals surface area contributed by atoms with Crippen LogP contribution >= 0.6 is 0 Å². The summed E-state index contributed by atoms with van der Waals surface area (Å²) in [4.78, 5) is 28.5. The molecule has 9 heteroatoms. The Bertz CT molecular complexity index is 1410. The number of benzene rings is 3. The standard InChI is InChI=1S/C31H33NO8/c1-5-37-21-12-10-20(11-13-21)32-28(19-9-16-24(33)26(17-19)40-8-4)27(30(35)31(32)36)29(34)23-15-14-22(38-6-2)18-25(23)39-7-3/h9-18,28,33-34H,5-8H2,1-4H3/b29-27+. The van der Waals surface area contributed by atoms with Crippen LogP contribution in [0.15, 0.2) is 66.2 Å². The predicted molar refractivity (Wildman–Crippen MR) is 150 cm³/mol. The van der Waals surface area contributed by atoms with E-state index in [1.165, 1.54) is 11.0 Å². The molecule has 1 atom stereocenters. The topological polar surface area (TPSA) is 115 Å². The second-order valence-corrected chi connectivity index (χ2v) is 8.78. The fourth-order valence-corrected chi connectivity index (χ4v) is 4.63. The van der Waals surface area contributed by atoms with E-state index in [1.807, 2.05) is 13.8 Å². The lowest BCUT2D eigenvalue weighted by Crippen LogP contribution is -2.29. The van der Waals surface area contributed by atoms with Crippen molar-refractivity contribution in [2.75, 3.05) is 31.3 Å². The minimum absolute atomic E-state index is 0.0891. The monoisotopic (exact) mass is 547 g/mol. The Kier molecular flexibility index (Phi) is 8.83. The van der Waals surface area contributed by atoms with Gasteiger partial charge in [-0.25, -0.2) is 0 Å². The number of aliphatic hydroxyl groups excluding tert-OH is 1. The van der Waals surface area contributed by atoms with Gasteiger partial charge in [0.15, 0.2) is 11.5 Å². The third-order valence-corrected chi connectivity index (χ3v) is 6.29. The number of rotatable bonds is 11. The number of phenols is 1. The molecule has 1 aliphatic heterocycles. The lowest BCUT2D eigenvalue weighted by atomic mass is 9.94. The van der Waals surface area contributed by atoms with E-state index in [2.05, 4.69) is 0 Å². The van der Waals surface area contributed by atoms with Crippen LogP contribution in [0, 0.1) is 0 Å². The normalized spacial score (nSPS) is 16.2. The summed E-state index contributed by atoms with van der Waals surface area (Å²) >= 11 is 0. The number of ketones is 1. The minimum Gasteiger partial charge on any atom is -0.507 e. The molecule has 3 aromatic carbocycles. The van der Waals surface area contributed by atoms with Crippen LogP contribution < -0.4 is 23.8 Å². The molecule has 0 spiro atoms. The van der Waals surface area contributed by atoms with E-state index in [4.69, 9.17) is 18.9 Å². The predicted octanol–water partition coefficient (Wildman–Crippen LogP) is 5.61. The summed E-state index contributed by atoms with van der Waals surface area (Å²) in [5.74, 6) is -0.523. The van der Waals surface area contributed by atoms with Gasteiger partial charge in [0, 0.05) is 11.8 Å². The quantitative estimate of drug-likeness (QED) is 0.181. The Hall–Kier alpha value is -4.66. The van der Waals surface area contributed by atoms with Crippen LogP contribution in [0.5, 0.6) is 28.7 Å². The van der Waals surface area contributed by atoms with Crippen molar-refractivity contribution in [3.8, 4) is 28.7 Å². The molecule has 1 unspecified atom stereocenters. The van der Waals surface area contributed by atoms with E-state index in [-0.39, 0.29) is 22.6 Å². The average molecular weight is 548 g/mol. The van der Waals surface area contributed by atoms with Gasteiger partial charge < -0.3 is 29.2 Å². The number of amides is 1. The highest BCUT2D eigenvalue weighted by Gasteiger charge is 2.47. The number of anilines is 1. The van der Waals surface area contributed by atoms with Gasteiger partial charge in [-0.05, 0) is 81.8 Å². The Labute approximate surface area is 233 Å². The van der Waals surface area contributed by atoms with Gasteiger partial charge in [0.1, 0.15) is 23.0 Å². The van der Waals surface area contributed by atoms with E-state index in [0.717, 1.165) is 0 Å². The number of ether oxygens (including phenoxy) is 4. The lowest BCUT2D eigenvalue weighted by Gasteiger charge is -2.26. The Morgan fingerprint density at radius 3 is 2.00 bits per heavy atom. The SMILES string of the molecule is CCOc1ccc(N2C(=O)C(=O)/C(=C(/O)c3ccc(OCC)cc3OCC)C2c2ccc(O)c(OCC)c2)cc1. The van der Waals surface area contributed by atoms with Crippen LogP contribution in [0.4, 0.5) is 5.69 Å². The maximum Gasteiger partial charge on any atom is 0.300 e. The fraction of sp³-hybridized carbons (Fsp3) is 0.290. The van der Waals surface area contributed by atoms with Gasteiger partial charge in [-0.3, -0.25) is 14.5 Å². The molecule has 2 N–H and O–H groups in total. The third-order valence-electron chi connectivity index (χ3n) is 6.29. The number of carbonyl (C=O) groups excluding carboxylic acids is 2. The van der Waals surface area contributed by atoms with E-state index < -0.39 is 23.5 Å². The zero-order valence-corrected chi connectivity index (χ0v) is 23.0. The molecule has 3 aromatic rings. The van der Waals surface area contributed by atoms with Crippen molar-refractivity contribution in [1.29, 1.82) is 0 Å². The first-order valence-electron chi connectivity index (χ1n) is 13.2. The highest BCUT2D eigenvalue weighted by atomic mass is 16.5. The summed E-state index contributed by atoms with van der Waals surface area (Å²) < 4.78 is 22.5. The molecule has 0 aliphatic carbocycles. The largest absolute Gasteiger partial charge is 0.507 e. The molecular weight excluding hydrogens is 514 g/mol. The van der Waals surface area contributed by atoms with Crippen LogP contribution in [0.2, 0.25) is 0 Å². The maximum absolute atomic E-state index is 13.6. The van der Waals surface area contributed by atoms with Crippen molar-refractivity contribution in [3.63, 3.8) is 0 Å². The first-order valence-corrected chi connectivity index (χ1v) is 13.2. The van der Waals surface area contributed by atoms with E-state index in [1.54, 1.807) is 68.4 Å². The lowest BCUT2D eigenvalue weighted by molar-refractivity contribution is -0.132. The molecule has 0 aromatic heterocycles. The summed E-state index contributed by atoms with van der Waals surface area (Å²) in [7, 11) is 0. The summed E-state index contributed by atoms with van der Waals surface area (Å²) in [5.41, 5.74) is 0.998. The van der Waals surface area contributed by atoms with Gasteiger partial charge in [0.2, 0.25) is 0 Å². The molecule has 1 amide bonds. The number of aromatic hydroxyl groups is 1. The molecular formula is C31H33NO8. The van der Waals surface area contributed by atoms with Gasteiger partial charge in [0.25, 0.3) is 11.7 Å². The molecule has 0 saturated carbocycles. The minimum atomic E-state index is -1.03. The molecule has 1 fully saturated rings. The number of aliphatic hydroxyl groups is 1. The van der Waals surface area contributed by atoms with Crippen molar-refractivity contribution < 1.29 is 38.7 Å². The zero-order chi connectivity index (χ0) is 28.8. The van der Waals surface area contributed by atoms with E-state index in [0.29, 0.717) is 54.9 Å². The van der Waals surface area contributed by atoms with Crippen LogP contribution in [0.25, 0.3) is 5.76 Å². The Balaban J connectivity index is 1.94. The smallest absolute Gasteiger partial charge is 0.300 e. The number of phenolic OH excluding ortho intramolecular Hbond substituents is 1. The van der Waals surface area contributed by atoms with Gasteiger partial charge in [-0.15, -0.1) is 0 Å². The molecule has 1 aliphatic rings. The zero-order valence-electron chi connectivity index (χ0n) is 23.0. The highest BCUT2D eigenvalue weighted by Crippen LogP contribution is 2.45. The third kappa shape index (κ3) is 5.54. The second-order valence-electron chi connectivity index (χ2n) is 8.78. The summed E-state index contributed by atoms with van der Waals surface area (Å²) in [6, 6.07) is 15.2. The van der Waals surface area contributed by atoms with Gasteiger partial charge in [-0.1, -0.05) is 6.07 Å². The van der Waals surface area contributed by atoms with E-state index in [9.17, 15) is 19.8 Å². The highest BCUT2D eigenvalue weighted by molar-refractivity contribution is 6.51. The van der Waals surface area contributed by atoms with Crippen molar-refractivity contribution >= 4 is 23.1 Å². The summed E-state index contributed by atoms with van der Waals surface area (Å²) in [6.45, 7) is 8.80. The van der Waals surface area contributed by atoms with Crippen LogP contribution in [-0.2, 0) is 9.59 Å². The number of Topliss-reactive ketones (excluding diaryl/α,β-unsaturated/α-hetero) is 1. The van der Waals surface area contributed by atoms with Crippen molar-refractivity contribution in [2.24, 2.45) is 0 Å². The van der Waals surface area contributed by atoms with Crippen LogP contribution in [0.1, 0.15) is 44.9 Å². The van der Waals surface area contributed by atoms with E-state index >= 15 is 0 Å². The molecule has 1 heterocycles. The van der Waals surface area contributed by atoms with Gasteiger partial charge in [-0.2, -0.15) is 0 Å².